The summed E-state index contributed by atoms with van der Waals surface area (Å²) in [5.41, 5.74) is -0.135. The fraction of sp³-hybridized carbons (Fsp3) is 0.462. The summed E-state index contributed by atoms with van der Waals surface area (Å²) in [6.45, 7) is 6.01. The summed E-state index contributed by atoms with van der Waals surface area (Å²) < 4.78 is 26.2. The number of rotatable bonds is 3. The number of carbonyl (C=O) groups excluding carboxylic acids is 1. The topological polar surface area (TPSA) is 17.1 Å². The van der Waals surface area contributed by atoms with Gasteiger partial charge in [0.1, 0.15) is 0 Å². The van der Waals surface area contributed by atoms with Crippen LogP contribution in [0.4, 0.5) is 8.78 Å². The third-order valence-corrected chi connectivity index (χ3v) is 2.35. The monoisotopic (exact) mass is 226 g/mol. The lowest BCUT2D eigenvalue weighted by Gasteiger charge is -2.17. The van der Waals surface area contributed by atoms with E-state index in [4.69, 9.17) is 0 Å². The molecular weight excluding hydrogens is 210 g/mol. The summed E-state index contributed by atoms with van der Waals surface area (Å²) in [7, 11) is 0. The molecule has 1 rings (SSSR count). The van der Waals surface area contributed by atoms with Crippen LogP contribution in [0.15, 0.2) is 18.2 Å². The second-order valence-electron chi connectivity index (χ2n) is 5.09. The van der Waals surface area contributed by atoms with Crippen molar-refractivity contribution in [3.63, 3.8) is 0 Å². The van der Waals surface area contributed by atoms with Crippen LogP contribution in [0.1, 0.15) is 44.0 Å². The van der Waals surface area contributed by atoms with E-state index in [1.807, 2.05) is 20.8 Å². The van der Waals surface area contributed by atoms with E-state index in [1.165, 1.54) is 12.1 Å². The normalized spacial score (nSPS) is 11.6. The molecule has 0 radical (unpaired) electrons. The molecule has 0 aliphatic carbocycles. The minimum atomic E-state index is -1.04. The second-order valence-corrected chi connectivity index (χ2v) is 5.09. The summed E-state index contributed by atoms with van der Waals surface area (Å²) in [5.74, 6) is -2.35. The summed E-state index contributed by atoms with van der Waals surface area (Å²) in [6.07, 6.45) is 0.895. The predicted octanol–water partition coefficient (Wildman–Crippen LogP) is 3.97. The first-order valence-electron chi connectivity index (χ1n) is 5.28. The molecule has 0 aromatic heterocycles. The van der Waals surface area contributed by atoms with Crippen molar-refractivity contribution in [3.05, 3.63) is 35.4 Å². The predicted molar refractivity (Wildman–Crippen MR) is 59.4 cm³/mol. The molecule has 0 heterocycles. The third-order valence-electron chi connectivity index (χ3n) is 2.35. The number of carbonyl (C=O) groups is 1. The summed E-state index contributed by atoms with van der Waals surface area (Å²) in [4.78, 5) is 11.7. The van der Waals surface area contributed by atoms with Gasteiger partial charge in [-0.3, -0.25) is 4.79 Å². The minimum Gasteiger partial charge on any atom is -0.294 e. The van der Waals surface area contributed by atoms with E-state index >= 15 is 0 Å². The summed E-state index contributed by atoms with van der Waals surface area (Å²) in [5, 5.41) is 0. The maximum atomic E-state index is 13.3. The largest absolute Gasteiger partial charge is 0.294 e. The SMILES string of the molecule is CC(C)(C)CCC(=O)c1cccc(F)c1F. The molecule has 0 N–H and O–H groups in total. The quantitative estimate of drug-likeness (QED) is 0.712. The Morgan fingerprint density at radius 3 is 2.44 bits per heavy atom. The van der Waals surface area contributed by atoms with Gasteiger partial charge in [0.05, 0.1) is 5.56 Å². The van der Waals surface area contributed by atoms with Crippen LogP contribution in [-0.4, -0.2) is 5.78 Å². The Labute approximate surface area is 94.5 Å². The Morgan fingerprint density at radius 2 is 1.88 bits per heavy atom. The first kappa shape index (κ1) is 12.8. The van der Waals surface area contributed by atoms with E-state index in [0.29, 0.717) is 6.42 Å². The molecular formula is C13H16F2O. The molecule has 88 valence electrons. The zero-order chi connectivity index (χ0) is 12.3. The van der Waals surface area contributed by atoms with Gasteiger partial charge >= 0.3 is 0 Å². The molecule has 0 saturated carbocycles. The highest BCUT2D eigenvalue weighted by molar-refractivity contribution is 5.96. The van der Waals surface area contributed by atoms with Crippen molar-refractivity contribution >= 4 is 5.78 Å². The average Bonchev–Trinajstić information content (AvgIpc) is 2.17. The van der Waals surface area contributed by atoms with Gasteiger partial charge in [0.2, 0.25) is 0 Å². The van der Waals surface area contributed by atoms with Crippen molar-refractivity contribution < 1.29 is 13.6 Å². The molecule has 0 unspecified atom stereocenters. The molecule has 0 atom stereocenters. The van der Waals surface area contributed by atoms with Crippen LogP contribution in [0.25, 0.3) is 0 Å². The first-order chi connectivity index (χ1) is 7.31. The molecule has 0 amide bonds. The molecule has 1 nitrogen and oxygen atoms in total. The van der Waals surface area contributed by atoms with Gasteiger partial charge in [0.15, 0.2) is 17.4 Å². The van der Waals surface area contributed by atoms with Crippen molar-refractivity contribution in [2.24, 2.45) is 5.41 Å². The number of benzene rings is 1. The van der Waals surface area contributed by atoms with Crippen molar-refractivity contribution in [2.75, 3.05) is 0 Å². The van der Waals surface area contributed by atoms with Crippen molar-refractivity contribution in [1.82, 2.24) is 0 Å². The lowest BCUT2D eigenvalue weighted by Crippen LogP contribution is -2.10. The Balaban J connectivity index is 2.78. The smallest absolute Gasteiger partial charge is 0.169 e. The molecule has 0 aliphatic rings. The van der Waals surface area contributed by atoms with Crippen LogP contribution in [0.5, 0.6) is 0 Å². The molecule has 0 fully saturated rings. The Morgan fingerprint density at radius 1 is 1.25 bits per heavy atom. The van der Waals surface area contributed by atoms with Crippen LogP contribution < -0.4 is 0 Å². The first-order valence-corrected chi connectivity index (χ1v) is 5.28. The third kappa shape index (κ3) is 3.40. The Hall–Kier alpha value is -1.25. The van der Waals surface area contributed by atoms with E-state index in [-0.39, 0.29) is 23.2 Å². The fourth-order valence-electron chi connectivity index (χ4n) is 1.34. The molecule has 1 aromatic carbocycles. The summed E-state index contributed by atoms with van der Waals surface area (Å²) in [6, 6.07) is 3.68. The van der Waals surface area contributed by atoms with Crippen LogP contribution in [0.3, 0.4) is 0 Å². The number of Topliss-reactive ketones (excluding diaryl/α,β-unsaturated/α-hetero) is 1. The van der Waals surface area contributed by atoms with Crippen LogP contribution in [-0.2, 0) is 0 Å². The standard InChI is InChI=1S/C13H16F2O/c1-13(2,3)8-7-11(16)9-5-4-6-10(14)12(9)15/h4-6H,7-8H2,1-3H3. The molecule has 0 bridgehead atoms. The van der Waals surface area contributed by atoms with E-state index in [9.17, 15) is 13.6 Å². The van der Waals surface area contributed by atoms with Gasteiger partial charge in [-0.05, 0) is 24.0 Å². The lowest BCUT2D eigenvalue weighted by molar-refractivity contribution is 0.0961. The average molecular weight is 226 g/mol. The van der Waals surface area contributed by atoms with E-state index in [2.05, 4.69) is 0 Å². The molecule has 16 heavy (non-hydrogen) atoms. The molecule has 1 aromatic rings. The zero-order valence-electron chi connectivity index (χ0n) is 9.81. The van der Waals surface area contributed by atoms with Gasteiger partial charge < -0.3 is 0 Å². The number of hydrogen-bond acceptors (Lipinski definition) is 1. The highest BCUT2D eigenvalue weighted by Gasteiger charge is 2.18. The maximum absolute atomic E-state index is 13.3. The second kappa shape index (κ2) is 4.73. The highest BCUT2D eigenvalue weighted by atomic mass is 19.2. The van der Waals surface area contributed by atoms with Gasteiger partial charge in [0, 0.05) is 6.42 Å². The van der Waals surface area contributed by atoms with Gasteiger partial charge in [-0.15, -0.1) is 0 Å². The van der Waals surface area contributed by atoms with Gasteiger partial charge in [-0.25, -0.2) is 8.78 Å². The minimum absolute atomic E-state index is 0.0134. The molecule has 0 saturated heterocycles. The Bertz CT molecular complexity index is 391. The fourth-order valence-corrected chi connectivity index (χ4v) is 1.34. The van der Waals surface area contributed by atoms with Gasteiger partial charge in [-0.2, -0.15) is 0 Å². The van der Waals surface area contributed by atoms with Crippen LogP contribution in [0, 0.1) is 17.0 Å². The van der Waals surface area contributed by atoms with Crippen LogP contribution >= 0.6 is 0 Å². The molecule has 0 spiro atoms. The lowest BCUT2D eigenvalue weighted by atomic mass is 9.88. The van der Waals surface area contributed by atoms with E-state index in [1.54, 1.807) is 0 Å². The number of halogens is 2. The van der Waals surface area contributed by atoms with Crippen molar-refractivity contribution in [2.45, 2.75) is 33.6 Å². The molecule has 3 heteroatoms. The highest BCUT2D eigenvalue weighted by Crippen LogP contribution is 2.23. The van der Waals surface area contributed by atoms with E-state index in [0.717, 1.165) is 6.07 Å². The van der Waals surface area contributed by atoms with Gasteiger partial charge in [-0.1, -0.05) is 26.8 Å². The van der Waals surface area contributed by atoms with Gasteiger partial charge in [0.25, 0.3) is 0 Å². The maximum Gasteiger partial charge on any atom is 0.169 e. The Kier molecular flexibility index (Phi) is 3.79. The molecule has 0 aliphatic heterocycles. The van der Waals surface area contributed by atoms with Crippen LogP contribution in [0.2, 0.25) is 0 Å². The number of hydrogen-bond donors (Lipinski definition) is 0. The zero-order valence-corrected chi connectivity index (χ0v) is 9.81. The summed E-state index contributed by atoms with van der Waals surface area (Å²) >= 11 is 0. The number of ketones is 1. The van der Waals surface area contributed by atoms with E-state index < -0.39 is 11.6 Å². The van der Waals surface area contributed by atoms with Crippen molar-refractivity contribution in [1.29, 1.82) is 0 Å². The van der Waals surface area contributed by atoms with Crippen molar-refractivity contribution in [3.8, 4) is 0 Å².